The minimum Gasteiger partial charge on any atom is -0.390 e. The molecule has 1 heterocycles. The van der Waals surface area contributed by atoms with E-state index < -0.39 is 45.2 Å². The van der Waals surface area contributed by atoms with E-state index >= 15 is 0 Å². The van der Waals surface area contributed by atoms with Gasteiger partial charge < -0.3 is 20.3 Å². The summed E-state index contributed by atoms with van der Waals surface area (Å²) in [5.74, 6) is -0.759. The van der Waals surface area contributed by atoms with E-state index in [0.717, 1.165) is 6.07 Å². The van der Waals surface area contributed by atoms with E-state index in [9.17, 15) is 18.0 Å². The van der Waals surface area contributed by atoms with Gasteiger partial charge in [-0.05, 0) is 24.4 Å². The lowest BCUT2D eigenvalue weighted by Gasteiger charge is -2.09. The zero-order valence-electron chi connectivity index (χ0n) is 12.6. The van der Waals surface area contributed by atoms with Crippen LogP contribution in [-0.2, 0) is 14.9 Å². The molecule has 0 aliphatic rings. The number of aromatic amines is 1. The average molecular weight is 359 g/mol. The van der Waals surface area contributed by atoms with Crippen molar-refractivity contribution in [1.29, 1.82) is 0 Å². The summed E-state index contributed by atoms with van der Waals surface area (Å²) in [7, 11) is -4.47. The number of Topliss-reactive ketones (excluding diaryl/α,β-unsaturated/α-hetero) is 1. The van der Waals surface area contributed by atoms with E-state index in [1.165, 1.54) is 6.92 Å². The third kappa shape index (κ3) is 5.22. The summed E-state index contributed by atoms with van der Waals surface area (Å²) >= 11 is 0. The van der Waals surface area contributed by atoms with Crippen molar-refractivity contribution in [3.63, 3.8) is 0 Å². The number of fused-ring (bicyclic) bond motifs is 1. The summed E-state index contributed by atoms with van der Waals surface area (Å²) in [6.45, 7) is 0.546. The smallest absolute Gasteiger partial charge is 0.300 e. The number of H-pyrrole nitrogens is 1. The molecule has 2 aromatic rings. The second-order valence-electron chi connectivity index (χ2n) is 4.83. The normalized spacial score (nSPS) is 13.7. The molecule has 10 heteroatoms. The van der Waals surface area contributed by atoms with Crippen LogP contribution in [0, 0.1) is 0 Å². The quantitative estimate of drug-likeness (QED) is 0.436. The van der Waals surface area contributed by atoms with Crippen LogP contribution in [0.5, 0.6) is 0 Å². The predicted octanol–water partition coefficient (Wildman–Crippen LogP) is -0.936. The highest BCUT2D eigenvalue weighted by atomic mass is 32.2. The monoisotopic (exact) mass is 359 g/mol. The first-order valence-corrected chi connectivity index (χ1v) is 8.11. The van der Waals surface area contributed by atoms with Crippen LogP contribution in [0.3, 0.4) is 0 Å². The molecule has 1 aromatic carbocycles. The Bertz CT molecular complexity index is 872. The highest BCUT2D eigenvalue weighted by molar-refractivity contribution is 7.85. The number of aromatic nitrogens is 1. The van der Waals surface area contributed by atoms with Gasteiger partial charge in [0.15, 0.2) is 10.7 Å². The first-order valence-electron chi connectivity index (χ1n) is 6.67. The maximum absolute atomic E-state index is 11.3. The van der Waals surface area contributed by atoms with Gasteiger partial charge >= 0.3 is 0 Å². The van der Waals surface area contributed by atoms with Crippen LogP contribution in [0.2, 0.25) is 0 Å². The second-order valence-corrected chi connectivity index (χ2v) is 6.22. The topological polar surface area (TPSA) is 165 Å². The number of hydrogen-bond donors (Lipinski definition) is 5. The first kappa shape index (κ1) is 19.9. The molecule has 132 valence electrons. The number of hydrogen-bond acceptors (Lipinski definition) is 7. The maximum atomic E-state index is 11.3. The molecule has 0 spiro atoms. The van der Waals surface area contributed by atoms with Gasteiger partial charge in [0.1, 0.15) is 12.7 Å². The van der Waals surface area contributed by atoms with Crippen LogP contribution in [0.25, 0.3) is 10.9 Å². The summed E-state index contributed by atoms with van der Waals surface area (Å²) in [6, 6.07) is 7.84. The van der Waals surface area contributed by atoms with E-state index in [0.29, 0.717) is 10.9 Å². The lowest BCUT2D eigenvalue weighted by atomic mass is 10.1. The molecule has 0 aliphatic carbocycles. The number of nitrogens with one attached hydrogen (secondary N) is 1. The van der Waals surface area contributed by atoms with Crippen molar-refractivity contribution in [3.8, 4) is 0 Å². The van der Waals surface area contributed by atoms with Crippen LogP contribution in [0.1, 0.15) is 6.92 Å². The first-order chi connectivity index (χ1) is 11.1. The molecule has 0 fully saturated rings. The molecule has 1 aromatic heterocycles. The minimum absolute atomic E-state index is 0.523. The van der Waals surface area contributed by atoms with Crippen LogP contribution >= 0.6 is 0 Å². The van der Waals surface area contributed by atoms with Gasteiger partial charge in [0.25, 0.3) is 15.7 Å². The van der Waals surface area contributed by atoms with Gasteiger partial charge in [-0.15, -0.1) is 0 Å². The molecule has 0 aliphatic heterocycles. The van der Waals surface area contributed by atoms with Gasteiger partial charge in [0.05, 0.1) is 6.10 Å². The Balaban J connectivity index is 0.000000277. The fraction of sp³-hybridized carbons (Fsp3) is 0.286. The fourth-order valence-corrected chi connectivity index (χ4v) is 2.24. The average Bonchev–Trinajstić information content (AvgIpc) is 2.52. The highest BCUT2D eigenvalue weighted by Gasteiger charge is 2.18. The van der Waals surface area contributed by atoms with Gasteiger partial charge in [0.2, 0.25) is 0 Å². The lowest BCUT2D eigenvalue weighted by molar-refractivity contribution is -0.134. The number of rotatable bonds is 4. The van der Waals surface area contributed by atoms with Gasteiger partial charge in [-0.3, -0.25) is 14.1 Å². The van der Waals surface area contributed by atoms with Crippen molar-refractivity contribution in [3.05, 3.63) is 40.7 Å². The Morgan fingerprint density at radius 3 is 2.29 bits per heavy atom. The van der Waals surface area contributed by atoms with Crippen molar-refractivity contribution >= 4 is 26.8 Å². The van der Waals surface area contributed by atoms with E-state index in [1.807, 2.05) is 0 Å². The van der Waals surface area contributed by atoms with E-state index in [1.54, 1.807) is 24.3 Å². The molecule has 24 heavy (non-hydrogen) atoms. The Hall–Kier alpha value is -2.11. The second kappa shape index (κ2) is 8.13. The fourth-order valence-electron chi connectivity index (χ4n) is 1.68. The predicted molar refractivity (Wildman–Crippen MR) is 84.2 cm³/mol. The van der Waals surface area contributed by atoms with Crippen molar-refractivity contribution < 1.29 is 33.1 Å². The van der Waals surface area contributed by atoms with Gasteiger partial charge in [0, 0.05) is 5.52 Å². The lowest BCUT2D eigenvalue weighted by Crippen LogP contribution is -2.33. The molecule has 0 amide bonds. The molecule has 0 saturated heterocycles. The number of para-hydroxylation sites is 1. The van der Waals surface area contributed by atoms with E-state index in [-0.39, 0.29) is 0 Å². The minimum atomic E-state index is -4.47. The largest absolute Gasteiger partial charge is 0.390 e. The van der Waals surface area contributed by atoms with Gasteiger partial charge in [-0.25, -0.2) is 0 Å². The molecule has 2 atom stereocenters. The number of carbonyl (C=O) groups is 1. The van der Waals surface area contributed by atoms with E-state index in [2.05, 4.69) is 4.98 Å². The highest BCUT2D eigenvalue weighted by Crippen LogP contribution is 2.12. The van der Waals surface area contributed by atoms with Crippen LogP contribution in [0.15, 0.2) is 40.0 Å². The Kier molecular flexibility index (Phi) is 6.75. The number of aliphatic hydroxyl groups is 3. The molecular formula is C14H17NO8S. The SMILES string of the molecule is CC(O)C(O)C(=O)CO.O=c1[nH]c2ccccc2cc1S(=O)(=O)O. The van der Waals surface area contributed by atoms with Crippen molar-refractivity contribution in [1.82, 2.24) is 4.98 Å². The third-order valence-electron chi connectivity index (χ3n) is 2.94. The standard InChI is InChI=1S/C9H7NO4S.C5H10O4/c11-9-8(15(12,13)14)5-6-3-1-2-4-7(6)10-9;1-3(7)5(9)4(8)2-6/h1-5H,(H,10,11)(H,12,13,14);3,5-7,9H,2H2,1H3. The summed E-state index contributed by atoms with van der Waals surface area (Å²) in [5, 5.41) is 25.9. The molecular weight excluding hydrogens is 342 g/mol. The molecule has 0 bridgehead atoms. The van der Waals surface area contributed by atoms with Crippen molar-refractivity contribution in [2.75, 3.05) is 6.61 Å². The van der Waals surface area contributed by atoms with Gasteiger partial charge in [-0.2, -0.15) is 8.42 Å². The van der Waals surface area contributed by atoms with Crippen molar-refractivity contribution in [2.24, 2.45) is 0 Å². The number of pyridine rings is 1. The zero-order chi connectivity index (χ0) is 18.5. The molecule has 2 unspecified atom stereocenters. The summed E-state index contributed by atoms with van der Waals surface area (Å²) in [5.41, 5.74) is -0.300. The Morgan fingerprint density at radius 2 is 1.83 bits per heavy atom. The molecule has 5 N–H and O–H groups in total. The molecule has 0 saturated carbocycles. The number of aliphatic hydroxyl groups excluding tert-OH is 3. The molecule has 9 nitrogen and oxygen atoms in total. The summed E-state index contributed by atoms with van der Waals surface area (Å²) < 4.78 is 30.4. The van der Waals surface area contributed by atoms with Crippen LogP contribution < -0.4 is 5.56 Å². The van der Waals surface area contributed by atoms with Crippen molar-refractivity contribution in [2.45, 2.75) is 24.0 Å². The maximum Gasteiger partial charge on any atom is 0.300 e. The number of benzene rings is 1. The molecule has 0 radical (unpaired) electrons. The Morgan fingerprint density at radius 1 is 1.25 bits per heavy atom. The van der Waals surface area contributed by atoms with E-state index in [4.69, 9.17) is 19.9 Å². The number of ketones is 1. The summed E-state index contributed by atoms with van der Waals surface area (Å²) in [6.07, 6.45) is -2.56. The third-order valence-corrected chi connectivity index (χ3v) is 3.80. The summed E-state index contributed by atoms with van der Waals surface area (Å²) in [4.78, 5) is 23.3. The Labute approximate surface area is 136 Å². The van der Waals surface area contributed by atoms with Crippen LogP contribution in [0.4, 0.5) is 0 Å². The number of carbonyl (C=O) groups excluding carboxylic acids is 1. The van der Waals surface area contributed by atoms with Gasteiger partial charge in [-0.1, -0.05) is 18.2 Å². The molecule has 2 rings (SSSR count). The zero-order valence-corrected chi connectivity index (χ0v) is 13.4. The van der Waals surface area contributed by atoms with Crippen LogP contribution in [-0.4, -0.2) is 57.9 Å².